The molecule has 5 nitrogen and oxygen atoms in total. The molecule has 2 aromatic rings. The van der Waals surface area contributed by atoms with E-state index in [1.165, 1.54) is 0 Å². The molecule has 0 saturated carbocycles. The molecule has 104 valence electrons. The second kappa shape index (κ2) is 6.38. The van der Waals surface area contributed by atoms with Gasteiger partial charge in [0.1, 0.15) is 16.2 Å². The summed E-state index contributed by atoms with van der Waals surface area (Å²) in [5, 5.41) is 7.74. The lowest BCUT2D eigenvalue weighted by atomic mass is 10.2. The Morgan fingerprint density at radius 2 is 2.05 bits per heavy atom. The predicted octanol–water partition coefficient (Wildman–Crippen LogP) is 2.75. The zero-order valence-corrected chi connectivity index (χ0v) is 12.6. The molecule has 0 fully saturated rings. The second-order valence-corrected chi connectivity index (χ2v) is 4.91. The second-order valence-electron chi connectivity index (χ2n) is 4.10. The number of nitrogens with zero attached hydrogens (tertiary/aromatic N) is 2. The summed E-state index contributed by atoms with van der Waals surface area (Å²) in [5.74, 6) is 1.30. The van der Waals surface area contributed by atoms with Gasteiger partial charge in [-0.05, 0) is 34.1 Å². The molecular weight excluding hydrogens is 320 g/mol. The topological polar surface area (TPSA) is 75.2 Å². The summed E-state index contributed by atoms with van der Waals surface area (Å²) >= 11 is 3.32. The van der Waals surface area contributed by atoms with Gasteiger partial charge in [-0.15, -0.1) is 0 Å². The molecule has 0 amide bonds. The predicted molar refractivity (Wildman–Crippen MR) is 83.0 cm³/mol. The molecular formula is C14H15BrN4O. The van der Waals surface area contributed by atoms with Crippen molar-refractivity contribution in [2.45, 2.75) is 6.54 Å². The van der Waals surface area contributed by atoms with Crippen molar-refractivity contribution in [1.29, 1.82) is 5.41 Å². The van der Waals surface area contributed by atoms with Gasteiger partial charge in [0.15, 0.2) is 5.96 Å². The lowest BCUT2D eigenvalue weighted by Crippen LogP contribution is -2.36. The summed E-state index contributed by atoms with van der Waals surface area (Å²) in [7, 11) is 1.62. The number of methoxy groups -OCH3 is 1. The summed E-state index contributed by atoms with van der Waals surface area (Å²) < 4.78 is 6.01. The molecule has 1 heterocycles. The fraction of sp³-hybridized carbons (Fsp3) is 0.143. The maximum atomic E-state index is 7.74. The number of nitrogens with one attached hydrogen (secondary N) is 1. The lowest BCUT2D eigenvalue weighted by molar-refractivity contribution is 0.410. The minimum Gasteiger partial charge on any atom is -0.496 e. The molecule has 0 bridgehead atoms. The molecule has 6 heteroatoms. The molecule has 1 aromatic carbocycles. The standard InChI is InChI=1S/C14H15BrN4O/c1-20-11-6-3-2-5-10(11)9-19(14(16)17)13-8-4-7-12(15)18-13/h2-8H,9H2,1H3,(H3,16,17). The van der Waals surface area contributed by atoms with E-state index in [0.717, 1.165) is 11.3 Å². The van der Waals surface area contributed by atoms with Crippen LogP contribution in [0.4, 0.5) is 5.82 Å². The third kappa shape index (κ3) is 3.27. The number of anilines is 1. The first-order valence-corrected chi connectivity index (χ1v) is 6.77. The van der Waals surface area contributed by atoms with Crippen molar-refractivity contribution in [3.63, 3.8) is 0 Å². The molecule has 0 spiro atoms. The van der Waals surface area contributed by atoms with Crippen LogP contribution in [0.2, 0.25) is 0 Å². The summed E-state index contributed by atoms with van der Waals surface area (Å²) in [6.07, 6.45) is 0. The number of benzene rings is 1. The average molecular weight is 335 g/mol. The lowest BCUT2D eigenvalue weighted by Gasteiger charge is -2.22. The van der Waals surface area contributed by atoms with Crippen LogP contribution in [0.15, 0.2) is 47.1 Å². The number of hydrogen-bond donors (Lipinski definition) is 2. The van der Waals surface area contributed by atoms with Gasteiger partial charge in [0.05, 0.1) is 13.7 Å². The minimum atomic E-state index is -0.0680. The SMILES string of the molecule is COc1ccccc1CN(C(=N)N)c1cccc(Br)n1. The van der Waals surface area contributed by atoms with Crippen LogP contribution in [0.25, 0.3) is 0 Å². The van der Waals surface area contributed by atoms with Gasteiger partial charge < -0.3 is 10.5 Å². The summed E-state index contributed by atoms with van der Waals surface area (Å²) in [4.78, 5) is 5.94. The number of ether oxygens (including phenoxy) is 1. The summed E-state index contributed by atoms with van der Waals surface area (Å²) in [6.45, 7) is 0.419. The van der Waals surface area contributed by atoms with Gasteiger partial charge in [-0.1, -0.05) is 24.3 Å². The van der Waals surface area contributed by atoms with E-state index in [4.69, 9.17) is 15.9 Å². The third-order valence-corrected chi connectivity index (χ3v) is 3.23. The number of aromatic nitrogens is 1. The van der Waals surface area contributed by atoms with E-state index in [1.54, 1.807) is 12.0 Å². The fourth-order valence-electron chi connectivity index (χ4n) is 1.84. The zero-order valence-electron chi connectivity index (χ0n) is 11.0. The number of guanidine groups is 1. The summed E-state index contributed by atoms with van der Waals surface area (Å²) in [5.41, 5.74) is 6.61. The molecule has 3 N–H and O–H groups in total. The normalized spacial score (nSPS) is 10.1. The number of nitrogens with two attached hydrogens (primary N) is 1. The Kier molecular flexibility index (Phi) is 4.57. The average Bonchev–Trinajstić information content (AvgIpc) is 2.44. The molecule has 0 unspecified atom stereocenters. The Hall–Kier alpha value is -2.08. The van der Waals surface area contributed by atoms with E-state index in [9.17, 15) is 0 Å². The summed E-state index contributed by atoms with van der Waals surface area (Å²) in [6, 6.07) is 13.1. The molecule has 20 heavy (non-hydrogen) atoms. The van der Waals surface area contributed by atoms with E-state index in [-0.39, 0.29) is 5.96 Å². The van der Waals surface area contributed by atoms with E-state index in [2.05, 4.69) is 20.9 Å². The first-order chi connectivity index (χ1) is 9.61. The maximum Gasteiger partial charge on any atom is 0.194 e. The van der Waals surface area contributed by atoms with Gasteiger partial charge in [-0.25, -0.2) is 4.98 Å². The van der Waals surface area contributed by atoms with Crippen LogP contribution in [-0.2, 0) is 6.54 Å². The van der Waals surface area contributed by atoms with Crippen molar-refractivity contribution >= 4 is 27.7 Å². The van der Waals surface area contributed by atoms with Gasteiger partial charge in [0.25, 0.3) is 0 Å². The number of pyridine rings is 1. The number of rotatable bonds is 4. The van der Waals surface area contributed by atoms with Crippen LogP contribution in [-0.4, -0.2) is 18.1 Å². The molecule has 2 rings (SSSR count). The van der Waals surface area contributed by atoms with Crippen molar-refractivity contribution in [3.05, 3.63) is 52.6 Å². The molecule has 0 saturated heterocycles. The maximum absolute atomic E-state index is 7.74. The van der Waals surface area contributed by atoms with Crippen LogP contribution < -0.4 is 15.4 Å². The van der Waals surface area contributed by atoms with Crippen LogP contribution in [0.1, 0.15) is 5.56 Å². The van der Waals surface area contributed by atoms with E-state index in [0.29, 0.717) is 17.0 Å². The van der Waals surface area contributed by atoms with E-state index < -0.39 is 0 Å². The Balaban J connectivity index is 2.33. The highest BCUT2D eigenvalue weighted by atomic mass is 79.9. The third-order valence-electron chi connectivity index (χ3n) is 2.79. The van der Waals surface area contributed by atoms with Crippen molar-refractivity contribution in [3.8, 4) is 5.75 Å². The van der Waals surface area contributed by atoms with Gasteiger partial charge in [-0.2, -0.15) is 0 Å². The van der Waals surface area contributed by atoms with Crippen molar-refractivity contribution < 1.29 is 4.74 Å². The van der Waals surface area contributed by atoms with Crippen LogP contribution in [0, 0.1) is 5.41 Å². The number of para-hydroxylation sites is 1. The minimum absolute atomic E-state index is 0.0680. The fourth-order valence-corrected chi connectivity index (χ4v) is 2.18. The van der Waals surface area contributed by atoms with Crippen LogP contribution in [0.3, 0.4) is 0 Å². The monoisotopic (exact) mass is 334 g/mol. The molecule has 0 aliphatic carbocycles. The Morgan fingerprint density at radius 1 is 1.30 bits per heavy atom. The van der Waals surface area contributed by atoms with E-state index in [1.807, 2.05) is 42.5 Å². The molecule has 0 atom stereocenters. The largest absolute Gasteiger partial charge is 0.496 e. The van der Waals surface area contributed by atoms with Gasteiger partial charge in [0.2, 0.25) is 0 Å². The van der Waals surface area contributed by atoms with Gasteiger partial charge in [0, 0.05) is 5.56 Å². The molecule has 0 aliphatic heterocycles. The first kappa shape index (κ1) is 14.3. The smallest absolute Gasteiger partial charge is 0.194 e. The number of halogens is 1. The van der Waals surface area contributed by atoms with Crippen LogP contribution >= 0.6 is 15.9 Å². The Morgan fingerprint density at radius 3 is 2.70 bits per heavy atom. The quantitative estimate of drug-likeness (QED) is 0.512. The van der Waals surface area contributed by atoms with Gasteiger partial charge >= 0.3 is 0 Å². The Bertz CT molecular complexity index is 618. The molecule has 1 aromatic heterocycles. The van der Waals surface area contributed by atoms with E-state index >= 15 is 0 Å². The van der Waals surface area contributed by atoms with Crippen molar-refractivity contribution in [2.75, 3.05) is 12.0 Å². The molecule has 0 radical (unpaired) electrons. The highest BCUT2D eigenvalue weighted by molar-refractivity contribution is 9.10. The highest BCUT2D eigenvalue weighted by Crippen LogP contribution is 2.22. The zero-order chi connectivity index (χ0) is 14.5. The number of hydrogen-bond acceptors (Lipinski definition) is 3. The Labute approximate surface area is 126 Å². The van der Waals surface area contributed by atoms with Gasteiger partial charge in [-0.3, -0.25) is 10.3 Å². The van der Waals surface area contributed by atoms with Crippen molar-refractivity contribution in [1.82, 2.24) is 4.98 Å². The first-order valence-electron chi connectivity index (χ1n) is 5.98. The molecule has 0 aliphatic rings. The van der Waals surface area contributed by atoms with Crippen molar-refractivity contribution in [2.24, 2.45) is 5.73 Å². The van der Waals surface area contributed by atoms with Crippen LogP contribution in [0.5, 0.6) is 5.75 Å². The highest BCUT2D eigenvalue weighted by Gasteiger charge is 2.14.